The van der Waals surface area contributed by atoms with Crippen LogP contribution in [0.4, 0.5) is 17.3 Å². The molecule has 9 rings (SSSR count). The predicted octanol–water partition coefficient (Wildman–Crippen LogP) is 11.1. The molecule has 0 atom stereocenters. The number of thiocarbonyl (C=S) groups is 1. The highest BCUT2D eigenvalue weighted by Crippen LogP contribution is 2.41. The molecule has 2 saturated carbocycles. The van der Waals surface area contributed by atoms with Gasteiger partial charge in [0.15, 0.2) is 0 Å². The SMILES string of the molecule is C.C.Cc1noc(C)c1-c1cc(-c2c(C)noc2C)c2nc(NCC3CC3)[nH]c2c1.Cc1noc(C)c1-c1cc(N)c(N)c(-c2c(C)noc2C)c1.S=C=NCC1CC1. The third kappa shape index (κ3) is 9.48. The van der Waals surface area contributed by atoms with Gasteiger partial charge in [-0.2, -0.15) is 0 Å². The van der Waals surface area contributed by atoms with Crippen molar-refractivity contribution in [1.29, 1.82) is 0 Å². The summed E-state index contributed by atoms with van der Waals surface area (Å²) >= 11 is 4.38. The summed E-state index contributed by atoms with van der Waals surface area (Å²) in [6.45, 7) is 17.2. The maximum absolute atomic E-state index is 6.18. The summed E-state index contributed by atoms with van der Waals surface area (Å²) in [5.74, 6) is 5.46. The van der Waals surface area contributed by atoms with Crippen LogP contribution in [0, 0.1) is 67.2 Å². The van der Waals surface area contributed by atoms with E-state index < -0.39 is 0 Å². The van der Waals surface area contributed by atoms with E-state index >= 15 is 0 Å². The Morgan fingerprint density at radius 1 is 0.678 bits per heavy atom. The minimum Gasteiger partial charge on any atom is -0.397 e. The van der Waals surface area contributed by atoms with Crippen molar-refractivity contribution < 1.29 is 18.1 Å². The molecule has 312 valence electrons. The molecular formula is C44H56N10O4S. The number of H-pyrrole nitrogens is 1. The summed E-state index contributed by atoms with van der Waals surface area (Å²) in [5, 5.41) is 22.0. The number of aromatic nitrogens is 6. The van der Waals surface area contributed by atoms with Crippen LogP contribution in [-0.2, 0) is 0 Å². The lowest BCUT2D eigenvalue weighted by atomic mass is 9.95. The second-order valence-corrected chi connectivity index (χ2v) is 15.2. The van der Waals surface area contributed by atoms with Crippen LogP contribution < -0.4 is 16.8 Å². The number of fused-ring (bicyclic) bond motifs is 1. The van der Waals surface area contributed by atoms with Crippen molar-refractivity contribution in [2.24, 2.45) is 16.8 Å². The van der Waals surface area contributed by atoms with Gasteiger partial charge in [0.1, 0.15) is 23.0 Å². The first-order valence-electron chi connectivity index (χ1n) is 19.1. The molecule has 0 unspecified atom stereocenters. The number of rotatable bonds is 9. The maximum Gasteiger partial charge on any atom is 0.201 e. The monoisotopic (exact) mass is 820 g/mol. The molecule has 2 fully saturated rings. The molecular weight excluding hydrogens is 765 g/mol. The topological polar surface area (TPSA) is 209 Å². The minimum atomic E-state index is 0. The summed E-state index contributed by atoms with van der Waals surface area (Å²) in [5.41, 5.74) is 26.1. The number of isothiocyanates is 1. The number of nitrogens with zero attached hydrogens (tertiary/aromatic N) is 6. The van der Waals surface area contributed by atoms with Gasteiger partial charge in [-0.05, 0) is 141 Å². The lowest BCUT2D eigenvalue weighted by Gasteiger charge is -2.11. The van der Waals surface area contributed by atoms with Crippen LogP contribution in [0.3, 0.4) is 0 Å². The smallest absolute Gasteiger partial charge is 0.201 e. The Hall–Kier alpha value is -6.05. The van der Waals surface area contributed by atoms with E-state index in [-0.39, 0.29) is 14.9 Å². The number of nitrogen functional groups attached to an aromatic ring is 2. The van der Waals surface area contributed by atoms with Crippen LogP contribution >= 0.6 is 12.2 Å². The lowest BCUT2D eigenvalue weighted by molar-refractivity contribution is 0.393. The van der Waals surface area contributed by atoms with Gasteiger partial charge >= 0.3 is 0 Å². The molecule has 7 aromatic rings. The molecule has 0 spiro atoms. The number of nitrogens with one attached hydrogen (secondary N) is 2. The fraction of sp³-hybridized carbons (Fsp3) is 0.409. The Morgan fingerprint density at radius 2 is 1.14 bits per heavy atom. The van der Waals surface area contributed by atoms with E-state index in [1.807, 2.05) is 67.5 Å². The molecule has 5 aromatic heterocycles. The summed E-state index contributed by atoms with van der Waals surface area (Å²) in [7, 11) is 0. The van der Waals surface area contributed by atoms with Gasteiger partial charge in [-0.3, -0.25) is 0 Å². The molecule has 0 aliphatic heterocycles. The van der Waals surface area contributed by atoms with Crippen molar-refractivity contribution in [2.45, 2.75) is 95.9 Å². The minimum absolute atomic E-state index is 0. The Bertz CT molecular complexity index is 2540. The van der Waals surface area contributed by atoms with Crippen molar-refractivity contribution in [3.8, 4) is 44.5 Å². The standard InChI is InChI=1S/C21H23N5O2.C16H18N4O2.C5H7NS.2CH4/c1-10-18(12(3)27-25-10)15-7-16(19-11(2)26-28-13(19)4)20-17(8-15)23-21(24-20)22-9-14-5-6-14;1-7-14(9(3)21-19-7)11-5-12(16(18)13(17)6-11)15-8(2)20-22-10(15)4;7-4-6-3-5-1-2-5;;/h7-8,14H,5-6,9H2,1-4H3,(H2,22,23,24);5-6H,17-18H2,1-4H3;5H,1-3H2;2*1H4. The highest BCUT2D eigenvalue weighted by atomic mass is 32.1. The summed E-state index contributed by atoms with van der Waals surface area (Å²) < 4.78 is 21.3. The number of aliphatic imine (C=N–C) groups is 1. The van der Waals surface area contributed by atoms with Crippen LogP contribution in [-0.4, -0.2) is 48.8 Å². The molecule has 6 N–H and O–H groups in total. The zero-order chi connectivity index (χ0) is 40.5. The third-order valence-corrected chi connectivity index (χ3v) is 10.5. The molecule has 5 heterocycles. The first-order valence-corrected chi connectivity index (χ1v) is 19.5. The summed E-state index contributed by atoms with van der Waals surface area (Å²) in [4.78, 5) is 12.1. The van der Waals surface area contributed by atoms with Crippen LogP contribution in [0.15, 0.2) is 47.4 Å². The number of imidazole rings is 1. The quantitative estimate of drug-likeness (QED) is 0.0607. The van der Waals surface area contributed by atoms with E-state index in [0.717, 1.165) is 126 Å². The average Bonchev–Trinajstić information content (AvgIpc) is 4.02. The van der Waals surface area contributed by atoms with Gasteiger partial charge in [-0.15, -0.1) is 0 Å². The maximum atomic E-state index is 6.18. The fourth-order valence-corrected chi connectivity index (χ4v) is 7.19. The van der Waals surface area contributed by atoms with E-state index in [2.05, 4.69) is 65.4 Å². The third-order valence-electron chi connectivity index (χ3n) is 10.4. The highest BCUT2D eigenvalue weighted by Gasteiger charge is 2.24. The van der Waals surface area contributed by atoms with Gasteiger partial charge in [0.2, 0.25) is 5.95 Å². The Balaban J connectivity index is 0.000000191. The number of hydrogen-bond donors (Lipinski definition) is 4. The number of nitrogens with two attached hydrogens (primary N) is 2. The largest absolute Gasteiger partial charge is 0.397 e. The molecule has 0 radical (unpaired) electrons. The number of benzene rings is 2. The summed E-state index contributed by atoms with van der Waals surface area (Å²) in [6.07, 6.45) is 5.29. The van der Waals surface area contributed by atoms with Crippen molar-refractivity contribution in [2.75, 3.05) is 29.9 Å². The average molecular weight is 821 g/mol. The zero-order valence-corrected chi connectivity index (χ0v) is 34.4. The van der Waals surface area contributed by atoms with Gasteiger partial charge in [-0.1, -0.05) is 35.5 Å². The van der Waals surface area contributed by atoms with Gasteiger partial charge in [-0.25, -0.2) is 9.98 Å². The molecule has 0 saturated heterocycles. The van der Waals surface area contributed by atoms with Crippen molar-refractivity contribution in [1.82, 2.24) is 30.6 Å². The Labute approximate surface area is 350 Å². The highest BCUT2D eigenvalue weighted by molar-refractivity contribution is 7.78. The summed E-state index contributed by atoms with van der Waals surface area (Å²) in [6, 6.07) is 8.06. The van der Waals surface area contributed by atoms with Crippen molar-refractivity contribution >= 4 is 45.7 Å². The predicted molar refractivity (Wildman–Crippen MR) is 239 cm³/mol. The van der Waals surface area contributed by atoms with E-state index in [1.54, 1.807) is 0 Å². The van der Waals surface area contributed by atoms with Gasteiger partial charge < -0.3 is 39.9 Å². The van der Waals surface area contributed by atoms with Crippen molar-refractivity contribution in [3.05, 3.63) is 70.1 Å². The van der Waals surface area contributed by atoms with Crippen LogP contribution in [0.25, 0.3) is 55.5 Å². The van der Waals surface area contributed by atoms with Gasteiger partial charge in [0, 0.05) is 39.9 Å². The molecule has 59 heavy (non-hydrogen) atoms. The van der Waals surface area contributed by atoms with E-state index in [4.69, 9.17) is 34.5 Å². The molecule has 0 amide bonds. The van der Waals surface area contributed by atoms with E-state index in [9.17, 15) is 0 Å². The van der Waals surface area contributed by atoms with Crippen LogP contribution in [0.1, 0.15) is 86.4 Å². The Morgan fingerprint density at radius 3 is 1.59 bits per heavy atom. The van der Waals surface area contributed by atoms with Crippen LogP contribution in [0.5, 0.6) is 0 Å². The van der Waals surface area contributed by atoms with E-state index in [0.29, 0.717) is 17.1 Å². The number of aryl methyl sites for hydroxylation is 8. The second kappa shape index (κ2) is 18.3. The normalized spacial score (nSPS) is 13.0. The van der Waals surface area contributed by atoms with Gasteiger partial charge in [0.05, 0.1) is 56.9 Å². The number of anilines is 3. The zero-order valence-electron chi connectivity index (χ0n) is 33.6. The van der Waals surface area contributed by atoms with E-state index in [1.165, 1.54) is 25.7 Å². The van der Waals surface area contributed by atoms with Crippen LogP contribution in [0.2, 0.25) is 0 Å². The lowest BCUT2D eigenvalue weighted by Crippen LogP contribution is -2.04. The second-order valence-electron chi connectivity index (χ2n) is 15.0. The number of aromatic amines is 1. The van der Waals surface area contributed by atoms with Crippen molar-refractivity contribution in [3.63, 3.8) is 0 Å². The first kappa shape index (κ1) is 44.1. The molecule has 15 heteroatoms. The first-order chi connectivity index (χ1) is 27.3. The number of hydrogen-bond acceptors (Lipinski definition) is 14. The molecule has 2 aliphatic carbocycles. The Kier molecular flexibility index (Phi) is 13.6. The molecule has 0 bridgehead atoms. The fourth-order valence-electron chi connectivity index (χ4n) is 7.12. The molecule has 2 aromatic carbocycles. The van der Waals surface area contributed by atoms with Gasteiger partial charge in [0.25, 0.3) is 0 Å². The molecule has 14 nitrogen and oxygen atoms in total. The molecule has 2 aliphatic rings.